The lowest BCUT2D eigenvalue weighted by Gasteiger charge is -2.19. The van der Waals surface area contributed by atoms with E-state index in [1.807, 2.05) is 30.3 Å². The van der Waals surface area contributed by atoms with Gasteiger partial charge in [0.05, 0.1) is 18.0 Å². The number of rotatable bonds is 7. The normalized spacial score (nSPS) is 12.1. The molecular weight excluding hydrogens is 356 g/mol. The molecule has 0 aliphatic heterocycles. The smallest absolute Gasteiger partial charge is 0.305 e. The van der Waals surface area contributed by atoms with Gasteiger partial charge in [-0.2, -0.15) is 0 Å². The van der Waals surface area contributed by atoms with Gasteiger partial charge in [0.2, 0.25) is 0 Å². The Hall–Kier alpha value is -3.80. The third-order valence-electron chi connectivity index (χ3n) is 4.23. The van der Waals surface area contributed by atoms with Gasteiger partial charge in [0.1, 0.15) is 0 Å². The van der Waals surface area contributed by atoms with Crippen molar-refractivity contribution in [2.45, 2.75) is 12.5 Å². The molecule has 0 saturated heterocycles. The number of nitrogens with one attached hydrogen (secondary N) is 1. The minimum absolute atomic E-state index is 0.132. The van der Waals surface area contributed by atoms with Crippen molar-refractivity contribution in [2.24, 2.45) is 0 Å². The Morgan fingerprint density at radius 3 is 2.68 bits per heavy atom. The molecule has 0 spiro atoms. The monoisotopic (exact) mass is 376 g/mol. The van der Waals surface area contributed by atoms with Crippen LogP contribution in [0.5, 0.6) is 11.5 Å². The van der Waals surface area contributed by atoms with Crippen molar-refractivity contribution in [1.29, 1.82) is 0 Å². The van der Waals surface area contributed by atoms with Crippen molar-refractivity contribution in [3.05, 3.63) is 84.2 Å². The van der Waals surface area contributed by atoms with Gasteiger partial charge < -0.3 is 20.6 Å². The van der Waals surface area contributed by atoms with Gasteiger partial charge in [0, 0.05) is 17.3 Å². The molecule has 3 rings (SSSR count). The number of allylic oxidation sites excluding steroid dienone is 1. The van der Waals surface area contributed by atoms with Crippen LogP contribution >= 0.6 is 0 Å². The third kappa shape index (κ3) is 4.67. The van der Waals surface area contributed by atoms with E-state index in [0.29, 0.717) is 11.3 Å². The third-order valence-corrected chi connectivity index (χ3v) is 4.23. The second-order valence-corrected chi connectivity index (χ2v) is 6.36. The lowest BCUT2D eigenvalue weighted by atomic mass is 10.0. The van der Waals surface area contributed by atoms with Crippen molar-refractivity contribution >= 4 is 22.9 Å². The van der Waals surface area contributed by atoms with Gasteiger partial charge in [0.15, 0.2) is 11.5 Å². The van der Waals surface area contributed by atoms with Crippen LogP contribution in [0.15, 0.2) is 73.1 Å². The summed E-state index contributed by atoms with van der Waals surface area (Å²) < 4.78 is 0. The van der Waals surface area contributed by atoms with Crippen molar-refractivity contribution in [3.8, 4) is 11.5 Å². The molecule has 0 radical (unpaired) electrons. The number of carboxylic acid groups (broad SMARTS) is 1. The Kier molecular flexibility index (Phi) is 5.60. The summed E-state index contributed by atoms with van der Waals surface area (Å²) in [6.07, 6.45) is 4.91. The van der Waals surface area contributed by atoms with Gasteiger partial charge in [-0.25, -0.2) is 0 Å². The number of benzene rings is 2. The van der Waals surface area contributed by atoms with Crippen LogP contribution in [-0.2, 0) is 4.79 Å². The van der Waals surface area contributed by atoms with Crippen LogP contribution in [0.4, 0.5) is 0 Å². The molecule has 0 aliphatic rings. The van der Waals surface area contributed by atoms with Gasteiger partial charge in [-0.05, 0) is 41.5 Å². The maximum Gasteiger partial charge on any atom is 0.305 e. The standard InChI is InChI=1S/C22H20N2O4/c1-14(6-7-15-8-9-20(25)21(26)10-15)24-19(12-22(27)28)17-11-16-4-2-3-5-18(16)23-13-17/h2-11,13,19,24-26H,1,12H2,(H,27,28)/b7-6+. The number of aliphatic carboxylic acids is 1. The fourth-order valence-corrected chi connectivity index (χ4v) is 2.82. The van der Waals surface area contributed by atoms with E-state index in [1.54, 1.807) is 24.4 Å². The molecule has 1 unspecified atom stereocenters. The van der Waals surface area contributed by atoms with E-state index >= 15 is 0 Å². The van der Waals surface area contributed by atoms with Crippen molar-refractivity contribution in [2.75, 3.05) is 0 Å². The Morgan fingerprint density at radius 1 is 1.14 bits per heavy atom. The largest absolute Gasteiger partial charge is 0.504 e. The Balaban J connectivity index is 1.79. The number of hydrogen-bond acceptors (Lipinski definition) is 5. The number of nitrogens with zero attached hydrogens (tertiary/aromatic N) is 1. The Morgan fingerprint density at radius 2 is 1.93 bits per heavy atom. The van der Waals surface area contributed by atoms with Crippen LogP contribution in [0.25, 0.3) is 17.0 Å². The molecule has 6 nitrogen and oxygen atoms in total. The molecular formula is C22H20N2O4. The first kappa shape index (κ1) is 19.0. The molecule has 0 saturated carbocycles. The second kappa shape index (κ2) is 8.26. The summed E-state index contributed by atoms with van der Waals surface area (Å²) >= 11 is 0. The summed E-state index contributed by atoms with van der Waals surface area (Å²) in [4.78, 5) is 15.7. The molecule has 4 N–H and O–H groups in total. The van der Waals surface area contributed by atoms with Gasteiger partial charge in [-0.3, -0.25) is 9.78 Å². The molecule has 0 aliphatic carbocycles. The highest BCUT2D eigenvalue weighted by atomic mass is 16.4. The molecule has 6 heteroatoms. The molecule has 0 bridgehead atoms. The molecule has 1 heterocycles. The Labute approximate surface area is 162 Å². The maximum absolute atomic E-state index is 11.3. The van der Waals surface area contributed by atoms with Crippen molar-refractivity contribution < 1.29 is 20.1 Å². The van der Waals surface area contributed by atoms with E-state index in [2.05, 4.69) is 16.9 Å². The number of aromatic hydroxyl groups is 2. The highest BCUT2D eigenvalue weighted by Crippen LogP contribution is 2.26. The number of hydrogen-bond donors (Lipinski definition) is 4. The highest BCUT2D eigenvalue weighted by molar-refractivity contribution is 5.79. The van der Waals surface area contributed by atoms with Gasteiger partial charge in [0.25, 0.3) is 0 Å². The maximum atomic E-state index is 11.3. The minimum atomic E-state index is -0.939. The SMILES string of the molecule is C=C(/C=C/c1ccc(O)c(O)c1)NC(CC(=O)O)c1cnc2ccccc2c1. The number of aromatic nitrogens is 1. The number of carboxylic acids is 1. The van der Waals surface area contributed by atoms with E-state index in [-0.39, 0.29) is 17.9 Å². The van der Waals surface area contributed by atoms with Crippen LogP contribution in [0.3, 0.4) is 0 Å². The van der Waals surface area contributed by atoms with E-state index in [0.717, 1.165) is 16.5 Å². The second-order valence-electron chi connectivity index (χ2n) is 6.36. The van der Waals surface area contributed by atoms with Crippen LogP contribution in [0.2, 0.25) is 0 Å². The van der Waals surface area contributed by atoms with Gasteiger partial charge >= 0.3 is 5.97 Å². The van der Waals surface area contributed by atoms with Crippen LogP contribution in [-0.4, -0.2) is 26.3 Å². The first-order valence-corrected chi connectivity index (χ1v) is 8.64. The zero-order valence-electron chi connectivity index (χ0n) is 15.0. The van der Waals surface area contributed by atoms with Crippen LogP contribution in [0.1, 0.15) is 23.6 Å². The summed E-state index contributed by atoms with van der Waals surface area (Å²) in [6.45, 7) is 3.92. The van der Waals surface area contributed by atoms with E-state index in [1.165, 1.54) is 12.1 Å². The number of pyridine rings is 1. The highest BCUT2D eigenvalue weighted by Gasteiger charge is 2.16. The minimum Gasteiger partial charge on any atom is -0.504 e. The van der Waals surface area contributed by atoms with Crippen LogP contribution < -0.4 is 5.32 Å². The van der Waals surface area contributed by atoms with Crippen molar-refractivity contribution in [1.82, 2.24) is 10.3 Å². The molecule has 28 heavy (non-hydrogen) atoms. The molecule has 2 aromatic carbocycles. The van der Waals surface area contributed by atoms with E-state index in [4.69, 9.17) is 0 Å². The molecule has 142 valence electrons. The predicted octanol–water partition coefficient (Wildman–Crippen LogP) is 3.98. The summed E-state index contributed by atoms with van der Waals surface area (Å²) in [5.74, 6) is -1.35. The average molecular weight is 376 g/mol. The first-order valence-electron chi connectivity index (χ1n) is 8.64. The van der Waals surface area contributed by atoms with Gasteiger partial charge in [-0.15, -0.1) is 0 Å². The Bertz CT molecular complexity index is 1060. The van der Waals surface area contributed by atoms with Crippen molar-refractivity contribution in [3.63, 3.8) is 0 Å². The lowest BCUT2D eigenvalue weighted by molar-refractivity contribution is -0.137. The molecule has 3 aromatic rings. The molecule has 1 atom stereocenters. The van der Waals surface area contributed by atoms with Gasteiger partial charge in [-0.1, -0.05) is 36.9 Å². The van der Waals surface area contributed by atoms with E-state index < -0.39 is 12.0 Å². The number of carbonyl (C=O) groups is 1. The zero-order chi connectivity index (χ0) is 20.1. The first-order chi connectivity index (χ1) is 13.4. The van der Waals surface area contributed by atoms with E-state index in [9.17, 15) is 20.1 Å². The molecule has 0 amide bonds. The average Bonchev–Trinajstić information content (AvgIpc) is 2.67. The number of phenolic OH excluding ortho intramolecular Hbond substituents is 2. The summed E-state index contributed by atoms with van der Waals surface area (Å²) in [6, 6.07) is 13.5. The molecule has 0 fully saturated rings. The summed E-state index contributed by atoms with van der Waals surface area (Å²) in [5.41, 5.74) is 2.76. The predicted molar refractivity (Wildman–Crippen MR) is 108 cm³/mol. The topological polar surface area (TPSA) is 103 Å². The quantitative estimate of drug-likeness (QED) is 0.367. The number of fused-ring (bicyclic) bond motifs is 1. The zero-order valence-corrected chi connectivity index (χ0v) is 15.0. The number of phenols is 2. The number of para-hydroxylation sites is 1. The fourth-order valence-electron chi connectivity index (χ4n) is 2.82. The fraction of sp³-hybridized carbons (Fsp3) is 0.0909. The van der Waals surface area contributed by atoms with Crippen LogP contribution in [0, 0.1) is 0 Å². The summed E-state index contributed by atoms with van der Waals surface area (Å²) in [5, 5.41) is 32.2. The molecule has 1 aromatic heterocycles. The lowest BCUT2D eigenvalue weighted by Crippen LogP contribution is -2.22. The summed E-state index contributed by atoms with van der Waals surface area (Å²) in [7, 11) is 0.